The minimum absolute atomic E-state index is 0.0301. The SMILES string of the molecule is Nc1ccc(Nc2cc(F)ccc2Cl)cc1C(=O)O. The van der Waals surface area contributed by atoms with Crippen molar-refractivity contribution in [2.75, 3.05) is 11.1 Å². The second-order valence-electron chi connectivity index (χ2n) is 3.86. The number of carbonyl (C=O) groups is 1. The van der Waals surface area contributed by atoms with Crippen LogP contribution in [0.4, 0.5) is 21.5 Å². The van der Waals surface area contributed by atoms with Gasteiger partial charge in [-0.3, -0.25) is 0 Å². The van der Waals surface area contributed by atoms with Crippen molar-refractivity contribution in [3.63, 3.8) is 0 Å². The Bertz CT molecular complexity index is 647. The molecule has 2 rings (SSSR count). The molecule has 4 N–H and O–H groups in total. The zero-order valence-corrected chi connectivity index (χ0v) is 10.4. The van der Waals surface area contributed by atoms with Gasteiger partial charge in [-0.2, -0.15) is 0 Å². The Morgan fingerprint density at radius 3 is 2.68 bits per heavy atom. The van der Waals surface area contributed by atoms with Crippen LogP contribution in [0, 0.1) is 5.82 Å². The summed E-state index contributed by atoms with van der Waals surface area (Å²) in [6, 6.07) is 8.27. The number of hydrogen-bond donors (Lipinski definition) is 3. The molecule has 0 aliphatic heterocycles. The largest absolute Gasteiger partial charge is 0.478 e. The number of nitrogens with two attached hydrogens (primary N) is 1. The molecule has 0 saturated carbocycles. The normalized spacial score (nSPS) is 10.2. The molecule has 4 nitrogen and oxygen atoms in total. The van der Waals surface area contributed by atoms with E-state index >= 15 is 0 Å². The van der Waals surface area contributed by atoms with Crippen LogP contribution in [0.3, 0.4) is 0 Å². The van der Waals surface area contributed by atoms with Crippen molar-refractivity contribution in [2.24, 2.45) is 0 Å². The fourth-order valence-electron chi connectivity index (χ4n) is 1.57. The average molecular weight is 281 g/mol. The van der Waals surface area contributed by atoms with E-state index in [0.717, 1.165) is 0 Å². The summed E-state index contributed by atoms with van der Waals surface area (Å²) in [7, 11) is 0. The third-order valence-electron chi connectivity index (χ3n) is 2.49. The monoisotopic (exact) mass is 280 g/mol. The molecule has 2 aromatic rings. The first-order valence-electron chi connectivity index (χ1n) is 5.32. The minimum Gasteiger partial charge on any atom is -0.478 e. The molecule has 0 radical (unpaired) electrons. The van der Waals surface area contributed by atoms with Crippen molar-refractivity contribution in [2.45, 2.75) is 0 Å². The maximum absolute atomic E-state index is 13.1. The molecule has 0 bridgehead atoms. The first kappa shape index (κ1) is 13.2. The molecule has 19 heavy (non-hydrogen) atoms. The van der Waals surface area contributed by atoms with Crippen LogP contribution in [0.15, 0.2) is 36.4 Å². The maximum atomic E-state index is 13.1. The van der Waals surface area contributed by atoms with Crippen LogP contribution >= 0.6 is 11.6 Å². The summed E-state index contributed by atoms with van der Waals surface area (Å²) in [5.41, 5.74) is 6.48. The number of carboxylic acid groups (broad SMARTS) is 1. The van der Waals surface area contributed by atoms with Gasteiger partial charge in [0, 0.05) is 11.4 Å². The van der Waals surface area contributed by atoms with Crippen LogP contribution in [0.1, 0.15) is 10.4 Å². The first-order chi connectivity index (χ1) is 8.97. The van der Waals surface area contributed by atoms with Gasteiger partial charge >= 0.3 is 5.97 Å². The molecular formula is C13H10ClFN2O2. The van der Waals surface area contributed by atoms with Gasteiger partial charge in [0.2, 0.25) is 0 Å². The van der Waals surface area contributed by atoms with Gasteiger partial charge in [0.05, 0.1) is 16.3 Å². The zero-order valence-electron chi connectivity index (χ0n) is 9.65. The van der Waals surface area contributed by atoms with E-state index < -0.39 is 11.8 Å². The Morgan fingerprint density at radius 2 is 2.00 bits per heavy atom. The van der Waals surface area contributed by atoms with Crippen molar-refractivity contribution in [1.29, 1.82) is 0 Å². The standard InChI is InChI=1S/C13H10ClFN2O2/c14-10-3-1-7(15)5-12(10)17-8-2-4-11(16)9(6-8)13(18)19/h1-6,17H,16H2,(H,18,19). The van der Waals surface area contributed by atoms with E-state index in [1.165, 1.54) is 30.3 Å². The number of carboxylic acids is 1. The molecule has 0 fully saturated rings. The van der Waals surface area contributed by atoms with E-state index in [-0.39, 0.29) is 11.3 Å². The number of rotatable bonds is 3. The number of nitrogen functional groups attached to an aromatic ring is 1. The van der Waals surface area contributed by atoms with Gasteiger partial charge in [-0.1, -0.05) is 11.6 Å². The van der Waals surface area contributed by atoms with Crippen molar-refractivity contribution in [3.05, 3.63) is 52.8 Å². The Hall–Kier alpha value is -2.27. The number of halogens is 2. The first-order valence-corrected chi connectivity index (χ1v) is 5.70. The smallest absolute Gasteiger partial charge is 0.337 e. The third kappa shape index (κ3) is 2.95. The summed E-state index contributed by atoms with van der Waals surface area (Å²) in [6.07, 6.45) is 0. The quantitative estimate of drug-likeness (QED) is 0.752. The summed E-state index contributed by atoms with van der Waals surface area (Å²) in [6.45, 7) is 0. The number of hydrogen-bond acceptors (Lipinski definition) is 3. The lowest BCUT2D eigenvalue weighted by Crippen LogP contribution is -2.03. The molecule has 0 saturated heterocycles. The summed E-state index contributed by atoms with van der Waals surface area (Å²) >= 11 is 5.91. The molecule has 0 atom stereocenters. The van der Waals surface area contributed by atoms with Crippen LogP contribution < -0.4 is 11.1 Å². The number of anilines is 3. The van der Waals surface area contributed by atoms with Gasteiger partial charge in [0.25, 0.3) is 0 Å². The summed E-state index contributed by atoms with van der Waals surface area (Å²) in [5, 5.41) is 12.1. The maximum Gasteiger partial charge on any atom is 0.337 e. The fourth-order valence-corrected chi connectivity index (χ4v) is 1.73. The summed E-state index contributed by atoms with van der Waals surface area (Å²) in [4.78, 5) is 11.0. The van der Waals surface area contributed by atoms with Gasteiger partial charge in [0.1, 0.15) is 5.82 Å². The van der Waals surface area contributed by atoms with E-state index in [1.807, 2.05) is 0 Å². The lowest BCUT2D eigenvalue weighted by molar-refractivity contribution is 0.0698. The lowest BCUT2D eigenvalue weighted by atomic mass is 10.1. The second-order valence-corrected chi connectivity index (χ2v) is 4.26. The Labute approximate surface area is 113 Å². The number of nitrogens with one attached hydrogen (secondary N) is 1. The molecule has 6 heteroatoms. The van der Waals surface area contributed by atoms with Crippen molar-refractivity contribution >= 4 is 34.6 Å². The molecule has 0 aliphatic carbocycles. The van der Waals surface area contributed by atoms with Gasteiger partial charge in [0.15, 0.2) is 0 Å². The van der Waals surface area contributed by atoms with Crippen molar-refractivity contribution in [3.8, 4) is 0 Å². The van der Waals surface area contributed by atoms with Crippen LogP contribution in [0.2, 0.25) is 5.02 Å². The summed E-state index contributed by atoms with van der Waals surface area (Å²) in [5.74, 6) is -1.58. The number of benzene rings is 2. The van der Waals surface area contributed by atoms with E-state index in [1.54, 1.807) is 6.07 Å². The van der Waals surface area contributed by atoms with E-state index in [2.05, 4.69) is 5.32 Å². The Balaban J connectivity index is 2.36. The van der Waals surface area contributed by atoms with Crippen LogP contribution in [-0.2, 0) is 0 Å². The molecule has 2 aromatic carbocycles. The van der Waals surface area contributed by atoms with Gasteiger partial charge < -0.3 is 16.2 Å². The molecule has 98 valence electrons. The Kier molecular flexibility index (Phi) is 3.57. The van der Waals surface area contributed by atoms with Gasteiger partial charge in [-0.15, -0.1) is 0 Å². The van der Waals surface area contributed by atoms with E-state index in [0.29, 0.717) is 16.4 Å². The predicted molar refractivity (Wildman–Crippen MR) is 72.5 cm³/mol. The topological polar surface area (TPSA) is 75.3 Å². The predicted octanol–water partition coefficient (Wildman–Crippen LogP) is 3.50. The highest BCUT2D eigenvalue weighted by Crippen LogP contribution is 2.27. The van der Waals surface area contributed by atoms with Crippen LogP contribution in [0.5, 0.6) is 0 Å². The van der Waals surface area contributed by atoms with Crippen molar-refractivity contribution < 1.29 is 14.3 Å². The zero-order chi connectivity index (χ0) is 14.0. The van der Waals surface area contributed by atoms with Gasteiger partial charge in [-0.05, 0) is 36.4 Å². The molecule has 0 unspecified atom stereocenters. The summed E-state index contributed by atoms with van der Waals surface area (Å²) < 4.78 is 13.1. The van der Waals surface area contributed by atoms with E-state index in [9.17, 15) is 9.18 Å². The lowest BCUT2D eigenvalue weighted by Gasteiger charge is -2.10. The molecule has 0 spiro atoms. The molecule has 0 heterocycles. The second kappa shape index (κ2) is 5.16. The molecule has 0 aliphatic rings. The average Bonchev–Trinajstić information content (AvgIpc) is 2.36. The van der Waals surface area contributed by atoms with Crippen LogP contribution in [0.25, 0.3) is 0 Å². The number of aromatic carboxylic acids is 1. The van der Waals surface area contributed by atoms with Crippen LogP contribution in [-0.4, -0.2) is 11.1 Å². The molecule has 0 amide bonds. The third-order valence-corrected chi connectivity index (χ3v) is 2.82. The molecular weight excluding hydrogens is 271 g/mol. The highest BCUT2D eigenvalue weighted by atomic mass is 35.5. The Morgan fingerprint density at radius 1 is 1.26 bits per heavy atom. The highest BCUT2D eigenvalue weighted by Gasteiger charge is 2.09. The fraction of sp³-hybridized carbons (Fsp3) is 0. The minimum atomic E-state index is -1.13. The van der Waals surface area contributed by atoms with E-state index in [4.69, 9.17) is 22.4 Å². The van der Waals surface area contributed by atoms with Gasteiger partial charge in [-0.25, -0.2) is 9.18 Å². The highest BCUT2D eigenvalue weighted by molar-refractivity contribution is 6.33. The van der Waals surface area contributed by atoms with Crippen molar-refractivity contribution in [1.82, 2.24) is 0 Å². The molecule has 0 aromatic heterocycles.